The van der Waals surface area contributed by atoms with Gasteiger partial charge in [0, 0.05) is 29.9 Å². The van der Waals surface area contributed by atoms with Crippen LogP contribution in [0.3, 0.4) is 0 Å². The molecule has 17 heavy (non-hydrogen) atoms. The average Bonchev–Trinajstić information content (AvgIpc) is 2.28. The topological polar surface area (TPSA) is 40.1 Å². The van der Waals surface area contributed by atoms with Crippen LogP contribution in [0.1, 0.15) is 87.0 Å². The number of aliphatic carboxylic acids is 1. The van der Waals surface area contributed by atoms with E-state index in [1.807, 2.05) is 0 Å². The Bertz CT molecular complexity index is 76.7. The molecule has 0 atom stereocenters. The van der Waals surface area contributed by atoms with Gasteiger partial charge in [-0.25, -0.2) is 0 Å². The smallest absolute Gasteiger partial charge is 0.0383 e. The zero-order chi connectivity index (χ0) is 13.8. The number of hydrogen-bond donors (Lipinski definition) is 0. The largest absolute Gasteiger partial charge is 0.550 e. The Hall–Kier alpha value is 0.269. The summed E-state index contributed by atoms with van der Waals surface area (Å²) < 4.78 is 0. The summed E-state index contributed by atoms with van der Waals surface area (Å²) in [6, 6.07) is 0. The monoisotopic (exact) mass is 353 g/mol. The third-order valence-corrected chi connectivity index (χ3v) is 1.50. The van der Waals surface area contributed by atoms with E-state index in [1.54, 1.807) is 0 Å². The number of hydrogen-bond acceptors (Lipinski definition) is 2. The van der Waals surface area contributed by atoms with Crippen molar-refractivity contribution in [3.8, 4) is 0 Å². The summed E-state index contributed by atoms with van der Waals surface area (Å²) in [4.78, 5) is 8.89. The fourth-order valence-corrected chi connectivity index (χ4v) is 0. The van der Waals surface area contributed by atoms with E-state index in [0.29, 0.717) is 0 Å². The Morgan fingerprint density at radius 2 is 0.765 bits per heavy atom. The summed E-state index contributed by atoms with van der Waals surface area (Å²) in [5, 5.41) is 8.89. The molecule has 0 fully saturated rings. The van der Waals surface area contributed by atoms with Gasteiger partial charge in [0.05, 0.1) is 0 Å². The molecule has 0 aliphatic carbocycles. The molecule has 106 valence electrons. The SMILES string of the molecule is CC(=O)[O-].CCCC.CCCC.CCCC.[Sn]. The maximum Gasteiger partial charge on any atom is 0.0383 e. The molecule has 3 heteroatoms. The molecular weight excluding hydrogens is 319 g/mol. The molecule has 0 rings (SSSR count). The minimum atomic E-state index is -1.08. The molecule has 0 saturated heterocycles. The van der Waals surface area contributed by atoms with E-state index in [1.165, 1.54) is 38.5 Å². The summed E-state index contributed by atoms with van der Waals surface area (Å²) in [5.41, 5.74) is 0. The Kier molecular flexibility index (Phi) is 78.9. The van der Waals surface area contributed by atoms with Crippen LogP contribution >= 0.6 is 0 Å². The summed E-state index contributed by atoms with van der Waals surface area (Å²) in [7, 11) is 0. The molecule has 0 N–H and O–H groups in total. The zero-order valence-corrected chi connectivity index (χ0v) is 15.9. The van der Waals surface area contributed by atoms with Gasteiger partial charge in [0.1, 0.15) is 0 Å². The van der Waals surface area contributed by atoms with Gasteiger partial charge in [-0.1, -0.05) is 80.1 Å². The van der Waals surface area contributed by atoms with E-state index in [9.17, 15) is 0 Å². The van der Waals surface area contributed by atoms with E-state index >= 15 is 0 Å². The maximum atomic E-state index is 8.89. The van der Waals surface area contributed by atoms with Gasteiger partial charge >= 0.3 is 0 Å². The minimum Gasteiger partial charge on any atom is -0.550 e. The first-order chi connectivity index (χ1) is 7.47. The molecule has 0 aliphatic heterocycles. The molecule has 0 saturated carbocycles. The first-order valence-electron chi connectivity index (χ1n) is 6.65. The van der Waals surface area contributed by atoms with Crippen LogP contribution < -0.4 is 5.11 Å². The van der Waals surface area contributed by atoms with E-state index in [4.69, 9.17) is 9.90 Å². The summed E-state index contributed by atoms with van der Waals surface area (Å²) in [5.74, 6) is -1.08. The Labute approximate surface area is 127 Å². The number of carboxylic acids is 1. The van der Waals surface area contributed by atoms with Crippen molar-refractivity contribution in [3.05, 3.63) is 0 Å². The number of rotatable bonds is 3. The predicted octanol–water partition coefficient (Wildman–Crippen LogP) is 3.79. The van der Waals surface area contributed by atoms with Crippen molar-refractivity contribution in [1.29, 1.82) is 0 Å². The number of carbonyl (C=O) groups is 1. The van der Waals surface area contributed by atoms with Crippen LogP contribution in [-0.2, 0) is 4.79 Å². The first-order valence-corrected chi connectivity index (χ1v) is 6.65. The maximum absolute atomic E-state index is 8.89. The van der Waals surface area contributed by atoms with Crippen LogP contribution in [-0.4, -0.2) is 29.9 Å². The molecule has 0 aromatic carbocycles. The average molecular weight is 352 g/mol. The van der Waals surface area contributed by atoms with Gasteiger partial charge in [-0.15, -0.1) is 0 Å². The summed E-state index contributed by atoms with van der Waals surface area (Å²) in [6.07, 6.45) is 7.92. The van der Waals surface area contributed by atoms with Crippen LogP contribution in [0.4, 0.5) is 0 Å². The second-order valence-electron chi connectivity index (χ2n) is 3.49. The molecule has 0 amide bonds. The summed E-state index contributed by atoms with van der Waals surface area (Å²) in [6.45, 7) is 14.1. The molecule has 0 unspecified atom stereocenters. The minimum absolute atomic E-state index is 0. The van der Waals surface area contributed by atoms with Gasteiger partial charge in [0.2, 0.25) is 0 Å². The standard InChI is InChI=1S/3C4H10.C2H4O2.Sn/c3*1-3-4-2;1-2(3)4;/h3*3-4H2,1-2H3;1H3,(H,3,4);/p-1. The quantitative estimate of drug-likeness (QED) is 0.725. The van der Waals surface area contributed by atoms with Gasteiger partial charge in [-0.2, -0.15) is 0 Å². The van der Waals surface area contributed by atoms with Gasteiger partial charge in [-0.05, 0) is 6.92 Å². The van der Waals surface area contributed by atoms with Crippen molar-refractivity contribution in [1.82, 2.24) is 0 Å². The van der Waals surface area contributed by atoms with Crippen molar-refractivity contribution in [3.63, 3.8) is 0 Å². The molecular formula is C14H33O2Sn-. The normalized spacial score (nSPS) is 6.76. The van der Waals surface area contributed by atoms with E-state index in [0.717, 1.165) is 6.92 Å². The van der Waals surface area contributed by atoms with Crippen molar-refractivity contribution in [2.75, 3.05) is 0 Å². The van der Waals surface area contributed by atoms with Crippen LogP contribution in [0.25, 0.3) is 0 Å². The van der Waals surface area contributed by atoms with E-state index in [-0.39, 0.29) is 23.9 Å². The number of carbonyl (C=O) groups excluding carboxylic acids is 1. The van der Waals surface area contributed by atoms with Gasteiger partial charge < -0.3 is 9.90 Å². The van der Waals surface area contributed by atoms with Crippen molar-refractivity contribution in [2.45, 2.75) is 87.0 Å². The molecule has 0 heterocycles. The van der Waals surface area contributed by atoms with Crippen LogP contribution in [0, 0.1) is 0 Å². The molecule has 0 aromatic rings. The van der Waals surface area contributed by atoms with Crippen LogP contribution in [0.2, 0.25) is 0 Å². The summed E-state index contributed by atoms with van der Waals surface area (Å²) >= 11 is 0. The van der Waals surface area contributed by atoms with Crippen LogP contribution in [0.15, 0.2) is 0 Å². The molecule has 0 bridgehead atoms. The fraction of sp³-hybridized carbons (Fsp3) is 0.929. The van der Waals surface area contributed by atoms with Crippen molar-refractivity contribution >= 4 is 29.9 Å². The van der Waals surface area contributed by atoms with Gasteiger partial charge in [0.25, 0.3) is 0 Å². The third-order valence-electron chi connectivity index (χ3n) is 1.50. The van der Waals surface area contributed by atoms with Crippen molar-refractivity contribution < 1.29 is 9.90 Å². The zero-order valence-electron chi connectivity index (χ0n) is 13.1. The van der Waals surface area contributed by atoms with E-state index < -0.39 is 5.97 Å². The number of unbranched alkanes of at least 4 members (excludes halogenated alkanes) is 3. The fourth-order valence-electron chi connectivity index (χ4n) is 0. The molecule has 4 radical (unpaired) electrons. The van der Waals surface area contributed by atoms with Gasteiger partial charge in [0.15, 0.2) is 0 Å². The van der Waals surface area contributed by atoms with Crippen molar-refractivity contribution in [2.24, 2.45) is 0 Å². The number of carboxylic acid groups (broad SMARTS) is 1. The van der Waals surface area contributed by atoms with E-state index in [2.05, 4.69) is 41.5 Å². The Morgan fingerprint density at radius 3 is 0.765 bits per heavy atom. The van der Waals surface area contributed by atoms with Gasteiger partial charge in [-0.3, -0.25) is 0 Å². The second-order valence-corrected chi connectivity index (χ2v) is 3.49. The Balaban J connectivity index is -0.0000000369. The molecule has 0 spiro atoms. The molecule has 0 aromatic heterocycles. The third kappa shape index (κ3) is 310. The Morgan fingerprint density at radius 1 is 0.706 bits per heavy atom. The first kappa shape index (κ1) is 30.4. The predicted molar refractivity (Wildman–Crippen MR) is 78.2 cm³/mol. The molecule has 2 nitrogen and oxygen atoms in total. The van der Waals surface area contributed by atoms with Crippen LogP contribution in [0.5, 0.6) is 0 Å². The second kappa shape index (κ2) is 44.1. The molecule has 0 aliphatic rings.